The molecule has 0 saturated carbocycles. The van der Waals surface area contributed by atoms with Crippen LogP contribution in [0.4, 0.5) is 0 Å². The Labute approximate surface area is 90.7 Å². The third-order valence-electron chi connectivity index (χ3n) is 1.87. The Hall–Kier alpha value is -0.330. The molecule has 0 heterocycles. The van der Waals surface area contributed by atoms with Crippen LogP contribution in [0.25, 0.3) is 0 Å². The van der Waals surface area contributed by atoms with E-state index in [-0.39, 0.29) is 5.75 Å². The summed E-state index contributed by atoms with van der Waals surface area (Å²) < 4.78 is 0.988. The summed E-state index contributed by atoms with van der Waals surface area (Å²) in [5, 5.41) is 18.7. The lowest BCUT2D eigenvalue weighted by atomic mass is 10.0. The smallest absolute Gasteiger partial charge is 0.120 e. The SMILES string of the molecule is C[C@H](O)[C@@H](N)c1cc(I)ccc1O. The number of nitrogens with two attached hydrogens (primary N) is 1. The molecule has 0 saturated heterocycles. The van der Waals surface area contributed by atoms with Gasteiger partial charge in [0.2, 0.25) is 0 Å². The van der Waals surface area contributed by atoms with E-state index in [0.29, 0.717) is 5.56 Å². The zero-order valence-electron chi connectivity index (χ0n) is 7.24. The van der Waals surface area contributed by atoms with Crippen LogP contribution in [-0.4, -0.2) is 16.3 Å². The number of benzene rings is 1. The average Bonchev–Trinajstić information content (AvgIpc) is 2.08. The standard InChI is InChI=1S/C9H12INO2/c1-5(12)9(11)7-4-6(10)2-3-8(7)13/h2-5,9,12-13H,11H2,1H3/t5-,9+/m0/s1. The molecule has 0 aliphatic carbocycles. The summed E-state index contributed by atoms with van der Waals surface area (Å²) in [7, 11) is 0. The van der Waals surface area contributed by atoms with Gasteiger partial charge in [-0.15, -0.1) is 0 Å². The molecule has 1 aromatic rings. The van der Waals surface area contributed by atoms with E-state index in [1.54, 1.807) is 25.1 Å². The highest BCUT2D eigenvalue weighted by Gasteiger charge is 2.15. The molecule has 1 aromatic carbocycles. The third kappa shape index (κ3) is 2.55. The number of halogens is 1. The maximum atomic E-state index is 9.46. The molecule has 0 bridgehead atoms. The van der Waals surface area contributed by atoms with Gasteiger partial charge in [-0.05, 0) is 47.7 Å². The average molecular weight is 293 g/mol. The number of rotatable bonds is 2. The third-order valence-corrected chi connectivity index (χ3v) is 2.54. The second kappa shape index (κ2) is 4.26. The predicted octanol–water partition coefficient (Wildman–Crippen LogP) is 1.38. The lowest BCUT2D eigenvalue weighted by molar-refractivity contribution is 0.163. The summed E-state index contributed by atoms with van der Waals surface area (Å²) in [5.41, 5.74) is 6.28. The number of aliphatic hydroxyl groups excluding tert-OH is 1. The Morgan fingerprint density at radius 3 is 2.62 bits per heavy atom. The van der Waals surface area contributed by atoms with Crippen molar-refractivity contribution in [1.29, 1.82) is 0 Å². The van der Waals surface area contributed by atoms with E-state index in [2.05, 4.69) is 22.6 Å². The van der Waals surface area contributed by atoms with Gasteiger partial charge < -0.3 is 15.9 Å². The van der Waals surface area contributed by atoms with Gasteiger partial charge in [-0.2, -0.15) is 0 Å². The molecular weight excluding hydrogens is 281 g/mol. The van der Waals surface area contributed by atoms with E-state index in [4.69, 9.17) is 5.73 Å². The molecule has 13 heavy (non-hydrogen) atoms. The number of aromatic hydroxyl groups is 1. The summed E-state index contributed by atoms with van der Waals surface area (Å²) in [5.74, 6) is 0.133. The number of phenolic OH excluding ortho intramolecular Hbond substituents is 1. The minimum atomic E-state index is -0.663. The van der Waals surface area contributed by atoms with Gasteiger partial charge in [0.15, 0.2) is 0 Å². The van der Waals surface area contributed by atoms with Crippen molar-refractivity contribution in [1.82, 2.24) is 0 Å². The molecule has 2 atom stereocenters. The summed E-state index contributed by atoms with van der Waals surface area (Å²) in [6.45, 7) is 1.60. The lowest BCUT2D eigenvalue weighted by Gasteiger charge is -2.16. The predicted molar refractivity (Wildman–Crippen MR) is 59.4 cm³/mol. The number of hydrogen-bond donors (Lipinski definition) is 3. The van der Waals surface area contributed by atoms with Crippen LogP contribution < -0.4 is 5.73 Å². The molecule has 0 amide bonds. The van der Waals surface area contributed by atoms with Crippen molar-refractivity contribution in [3.63, 3.8) is 0 Å². The van der Waals surface area contributed by atoms with Gasteiger partial charge in [0.1, 0.15) is 5.75 Å². The van der Waals surface area contributed by atoms with E-state index < -0.39 is 12.1 Å². The highest BCUT2D eigenvalue weighted by Crippen LogP contribution is 2.26. The van der Waals surface area contributed by atoms with Crippen molar-refractivity contribution >= 4 is 22.6 Å². The van der Waals surface area contributed by atoms with E-state index in [9.17, 15) is 10.2 Å². The molecular formula is C9H12INO2. The molecule has 0 aromatic heterocycles. The highest BCUT2D eigenvalue weighted by atomic mass is 127. The Morgan fingerprint density at radius 2 is 2.08 bits per heavy atom. The van der Waals surface area contributed by atoms with E-state index >= 15 is 0 Å². The number of hydrogen-bond acceptors (Lipinski definition) is 3. The van der Waals surface area contributed by atoms with Crippen molar-refractivity contribution in [2.75, 3.05) is 0 Å². The highest BCUT2D eigenvalue weighted by molar-refractivity contribution is 14.1. The van der Waals surface area contributed by atoms with Gasteiger partial charge in [-0.1, -0.05) is 0 Å². The molecule has 0 aliphatic heterocycles. The van der Waals surface area contributed by atoms with Gasteiger partial charge in [-0.25, -0.2) is 0 Å². The number of aliphatic hydroxyl groups is 1. The molecule has 0 radical (unpaired) electrons. The summed E-state index contributed by atoms with van der Waals surface area (Å²) in [4.78, 5) is 0. The molecule has 72 valence electrons. The fourth-order valence-electron chi connectivity index (χ4n) is 1.05. The molecule has 4 N–H and O–H groups in total. The van der Waals surface area contributed by atoms with E-state index in [1.165, 1.54) is 0 Å². The van der Waals surface area contributed by atoms with Gasteiger partial charge >= 0.3 is 0 Å². The Balaban J connectivity index is 3.05. The van der Waals surface area contributed by atoms with Crippen molar-refractivity contribution in [2.45, 2.75) is 19.1 Å². The Morgan fingerprint density at radius 1 is 1.46 bits per heavy atom. The van der Waals surface area contributed by atoms with Crippen LogP contribution in [-0.2, 0) is 0 Å². The summed E-state index contributed by atoms with van der Waals surface area (Å²) >= 11 is 2.13. The Kier molecular flexibility index (Phi) is 3.52. The first-order valence-electron chi connectivity index (χ1n) is 3.94. The molecule has 0 fully saturated rings. The van der Waals surface area contributed by atoms with Crippen molar-refractivity contribution in [2.24, 2.45) is 5.73 Å². The van der Waals surface area contributed by atoms with Crippen LogP contribution in [0.1, 0.15) is 18.5 Å². The van der Waals surface area contributed by atoms with Crippen LogP contribution in [0.5, 0.6) is 5.75 Å². The van der Waals surface area contributed by atoms with Crippen LogP contribution in [0.3, 0.4) is 0 Å². The maximum absolute atomic E-state index is 9.46. The Bertz CT molecular complexity index is 302. The molecule has 0 unspecified atom stereocenters. The molecule has 3 nitrogen and oxygen atoms in total. The summed E-state index contributed by atoms with van der Waals surface area (Å²) in [6.07, 6.45) is -0.663. The topological polar surface area (TPSA) is 66.5 Å². The van der Waals surface area contributed by atoms with E-state index in [0.717, 1.165) is 3.57 Å². The molecule has 1 rings (SSSR count). The van der Waals surface area contributed by atoms with Gasteiger partial charge in [-0.3, -0.25) is 0 Å². The van der Waals surface area contributed by atoms with Crippen LogP contribution in [0, 0.1) is 3.57 Å². The first-order valence-corrected chi connectivity index (χ1v) is 5.02. The van der Waals surface area contributed by atoms with Crippen LogP contribution >= 0.6 is 22.6 Å². The number of phenols is 1. The largest absolute Gasteiger partial charge is 0.508 e. The zero-order chi connectivity index (χ0) is 10.0. The zero-order valence-corrected chi connectivity index (χ0v) is 9.39. The first-order chi connectivity index (χ1) is 6.02. The molecule has 4 heteroatoms. The van der Waals surface area contributed by atoms with Crippen LogP contribution in [0.15, 0.2) is 18.2 Å². The van der Waals surface area contributed by atoms with Crippen molar-refractivity contribution < 1.29 is 10.2 Å². The van der Waals surface area contributed by atoms with Gasteiger partial charge in [0.05, 0.1) is 12.1 Å². The quantitative estimate of drug-likeness (QED) is 0.722. The fourth-order valence-corrected chi connectivity index (χ4v) is 1.57. The fraction of sp³-hybridized carbons (Fsp3) is 0.333. The summed E-state index contributed by atoms with van der Waals surface area (Å²) in [6, 6.07) is 4.61. The first kappa shape index (κ1) is 10.7. The maximum Gasteiger partial charge on any atom is 0.120 e. The second-order valence-corrected chi connectivity index (χ2v) is 4.22. The van der Waals surface area contributed by atoms with Gasteiger partial charge in [0.25, 0.3) is 0 Å². The van der Waals surface area contributed by atoms with Crippen molar-refractivity contribution in [3.05, 3.63) is 27.3 Å². The molecule has 0 aliphatic rings. The lowest BCUT2D eigenvalue weighted by Crippen LogP contribution is -2.23. The normalized spacial score (nSPS) is 15.4. The van der Waals surface area contributed by atoms with Gasteiger partial charge in [0, 0.05) is 9.13 Å². The monoisotopic (exact) mass is 293 g/mol. The second-order valence-electron chi connectivity index (χ2n) is 2.97. The minimum Gasteiger partial charge on any atom is -0.508 e. The molecule has 0 spiro atoms. The van der Waals surface area contributed by atoms with E-state index in [1.807, 2.05) is 0 Å². The van der Waals surface area contributed by atoms with Crippen molar-refractivity contribution in [3.8, 4) is 5.75 Å². The van der Waals surface area contributed by atoms with Crippen LogP contribution in [0.2, 0.25) is 0 Å². The minimum absolute atomic E-state index is 0.133.